The van der Waals surface area contributed by atoms with Crippen LogP contribution in [0.2, 0.25) is 0 Å². The molecule has 0 amide bonds. The Bertz CT molecular complexity index is 528. The van der Waals surface area contributed by atoms with E-state index < -0.39 is 12.7 Å². The molecular formula is C11H9F3IN. The summed E-state index contributed by atoms with van der Waals surface area (Å²) in [5, 5.41) is 0.879. The van der Waals surface area contributed by atoms with Crippen molar-refractivity contribution in [2.75, 3.05) is 0 Å². The Morgan fingerprint density at radius 3 is 2.62 bits per heavy atom. The lowest BCUT2D eigenvalue weighted by atomic mass is 10.2. The van der Waals surface area contributed by atoms with Crippen LogP contribution in [0.3, 0.4) is 0 Å². The first-order chi connectivity index (χ1) is 7.37. The molecule has 0 aliphatic carbocycles. The average molecular weight is 339 g/mol. The van der Waals surface area contributed by atoms with Gasteiger partial charge in [0.2, 0.25) is 0 Å². The van der Waals surface area contributed by atoms with Crippen LogP contribution in [0.15, 0.2) is 24.4 Å². The largest absolute Gasteiger partial charge is 0.406 e. The molecule has 0 bridgehead atoms. The van der Waals surface area contributed by atoms with Crippen LogP contribution in [0.5, 0.6) is 0 Å². The Morgan fingerprint density at radius 2 is 2.00 bits per heavy atom. The predicted molar refractivity (Wildman–Crippen MR) is 65.4 cm³/mol. The lowest BCUT2D eigenvalue weighted by molar-refractivity contribution is -0.139. The fourth-order valence-electron chi connectivity index (χ4n) is 1.69. The van der Waals surface area contributed by atoms with Crippen molar-refractivity contribution in [3.8, 4) is 0 Å². The van der Waals surface area contributed by atoms with Crippen molar-refractivity contribution in [1.29, 1.82) is 0 Å². The van der Waals surface area contributed by atoms with Crippen LogP contribution in [0, 0.1) is 10.5 Å². The molecule has 1 nitrogen and oxygen atoms in total. The monoisotopic (exact) mass is 339 g/mol. The van der Waals surface area contributed by atoms with Crippen molar-refractivity contribution in [3.63, 3.8) is 0 Å². The van der Waals surface area contributed by atoms with Crippen LogP contribution in [0.1, 0.15) is 5.56 Å². The van der Waals surface area contributed by atoms with Crippen LogP contribution in [0.4, 0.5) is 13.2 Å². The van der Waals surface area contributed by atoms with Gasteiger partial charge in [0.05, 0.1) is 0 Å². The Balaban J connectivity index is 2.55. The van der Waals surface area contributed by atoms with Gasteiger partial charge in [0.1, 0.15) is 6.54 Å². The Morgan fingerprint density at radius 1 is 1.31 bits per heavy atom. The summed E-state index contributed by atoms with van der Waals surface area (Å²) in [4.78, 5) is 0. The molecule has 0 unspecified atom stereocenters. The van der Waals surface area contributed by atoms with E-state index in [4.69, 9.17) is 0 Å². The van der Waals surface area contributed by atoms with E-state index in [1.807, 2.05) is 19.1 Å². The molecule has 2 aromatic rings. The second-order valence-corrected chi connectivity index (χ2v) is 4.90. The summed E-state index contributed by atoms with van der Waals surface area (Å²) in [7, 11) is 0. The van der Waals surface area contributed by atoms with Gasteiger partial charge in [-0.05, 0) is 41.6 Å². The van der Waals surface area contributed by atoms with Gasteiger partial charge in [0.25, 0.3) is 0 Å². The third kappa shape index (κ3) is 2.34. The third-order valence-corrected chi connectivity index (χ3v) is 3.20. The molecule has 0 aliphatic rings. The highest BCUT2D eigenvalue weighted by Gasteiger charge is 2.28. The second-order valence-electron chi connectivity index (χ2n) is 3.74. The maximum absolute atomic E-state index is 12.3. The van der Waals surface area contributed by atoms with Crippen LogP contribution in [-0.4, -0.2) is 10.7 Å². The molecule has 0 fully saturated rings. The molecule has 0 saturated carbocycles. The molecule has 0 saturated heterocycles. The van der Waals surface area contributed by atoms with E-state index >= 15 is 0 Å². The molecule has 1 aromatic carbocycles. The van der Waals surface area contributed by atoms with Gasteiger partial charge in [-0.2, -0.15) is 13.2 Å². The second kappa shape index (κ2) is 3.94. The number of hydrogen-bond acceptors (Lipinski definition) is 0. The van der Waals surface area contributed by atoms with Crippen molar-refractivity contribution >= 4 is 33.5 Å². The number of rotatable bonds is 1. The summed E-state index contributed by atoms with van der Waals surface area (Å²) in [6.07, 6.45) is -2.64. The maximum Gasteiger partial charge on any atom is 0.406 e. The van der Waals surface area contributed by atoms with E-state index in [-0.39, 0.29) is 0 Å². The number of fused-ring (bicyclic) bond motifs is 1. The van der Waals surface area contributed by atoms with E-state index in [1.165, 1.54) is 10.8 Å². The topological polar surface area (TPSA) is 4.93 Å². The molecule has 0 spiro atoms. The van der Waals surface area contributed by atoms with Crippen molar-refractivity contribution in [2.24, 2.45) is 0 Å². The number of hydrogen-bond donors (Lipinski definition) is 0. The van der Waals surface area contributed by atoms with Gasteiger partial charge in [0, 0.05) is 20.7 Å². The van der Waals surface area contributed by atoms with Gasteiger partial charge < -0.3 is 4.57 Å². The first-order valence-corrected chi connectivity index (χ1v) is 5.76. The predicted octanol–water partition coefficient (Wildman–Crippen LogP) is 4.12. The molecular weight excluding hydrogens is 330 g/mol. The SMILES string of the molecule is Cc1ccc2c(c1)c(I)cn2CC(F)(F)F. The van der Waals surface area contributed by atoms with Gasteiger partial charge >= 0.3 is 6.18 Å². The first kappa shape index (κ1) is 11.8. The Labute approximate surface area is 104 Å². The molecule has 16 heavy (non-hydrogen) atoms. The normalized spacial score (nSPS) is 12.3. The fraction of sp³-hybridized carbons (Fsp3) is 0.273. The van der Waals surface area contributed by atoms with Crippen molar-refractivity contribution in [2.45, 2.75) is 19.6 Å². The summed E-state index contributed by atoms with van der Waals surface area (Å²) in [5.41, 5.74) is 1.68. The minimum Gasteiger partial charge on any atom is -0.337 e. The summed E-state index contributed by atoms with van der Waals surface area (Å²) in [6.45, 7) is 0.992. The highest BCUT2D eigenvalue weighted by Crippen LogP contribution is 2.27. The van der Waals surface area contributed by atoms with Crippen LogP contribution in [-0.2, 0) is 6.54 Å². The minimum atomic E-state index is -4.18. The minimum absolute atomic E-state index is 0.632. The van der Waals surface area contributed by atoms with E-state index in [0.29, 0.717) is 5.52 Å². The van der Waals surface area contributed by atoms with Crippen LogP contribution >= 0.6 is 22.6 Å². The summed E-state index contributed by atoms with van der Waals surface area (Å²) < 4.78 is 39.1. The standard InChI is InChI=1S/C11H9F3IN/c1-7-2-3-10-8(4-7)9(15)5-16(10)6-11(12,13)14/h2-5H,6H2,1H3. The lowest BCUT2D eigenvalue weighted by Crippen LogP contribution is -2.16. The molecule has 1 heterocycles. The van der Waals surface area contributed by atoms with E-state index in [9.17, 15) is 13.2 Å². The maximum atomic E-state index is 12.3. The molecule has 5 heteroatoms. The summed E-state index contributed by atoms with van der Waals surface area (Å²) in [6, 6.07) is 5.47. The zero-order valence-electron chi connectivity index (χ0n) is 8.48. The summed E-state index contributed by atoms with van der Waals surface area (Å²) >= 11 is 2.06. The quantitative estimate of drug-likeness (QED) is 0.689. The van der Waals surface area contributed by atoms with Crippen LogP contribution < -0.4 is 0 Å². The van der Waals surface area contributed by atoms with Crippen LogP contribution in [0.25, 0.3) is 10.9 Å². The zero-order chi connectivity index (χ0) is 11.9. The summed E-state index contributed by atoms with van der Waals surface area (Å²) in [5.74, 6) is 0. The van der Waals surface area contributed by atoms with Gasteiger partial charge in [-0.15, -0.1) is 0 Å². The van der Waals surface area contributed by atoms with E-state index in [1.54, 1.807) is 6.07 Å². The molecule has 0 radical (unpaired) electrons. The molecule has 1 aromatic heterocycles. The van der Waals surface area contributed by atoms with Gasteiger partial charge in [0.15, 0.2) is 0 Å². The molecule has 86 valence electrons. The Kier molecular flexibility index (Phi) is 2.90. The molecule has 2 rings (SSSR count). The smallest absolute Gasteiger partial charge is 0.337 e. The molecule has 0 N–H and O–H groups in total. The Hall–Kier alpha value is -0.720. The number of halogens is 4. The molecule has 0 atom stereocenters. The number of benzene rings is 1. The number of alkyl halides is 3. The van der Waals surface area contributed by atoms with Crippen molar-refractivity contribution in [1.82, 2.24) is 4.57 Å². The highest BCUT2D eigenvalue weighted by molar-refractivity contribution is 14.1. The van der Waals surface area contributed by atoms with E-state index in [0.717, 1.165) is 14.5 Å². The van der Waals surface area contributed by atoms with Crippen molar-refractivity contribution in [3.05, 3.63) is 33.5 Å². The number of aromatic nitrogens is 1. The number of aryl methyl sites for hydroxylation is 1. The zero-order valence-corrected chi connectivity index (χ0v) is 10.6. The third-order valence-electron chi connectivity index (χ3n) is 2.34. The van der Waals surface area contributed by atoms with Gasteiger partial charge in [-0.3, -0.25) is 0 Å². The average Bonchev–Trinajstić information content (AvgIpc) is 2.40. The fourth-order valence-corrected chi connectivity index (χ4v) is 2.46. The van der Waals surface area contributed by atoms with Gasteiger partial charge in [-0.1, -0.05) is 11.6 Å². The van der Waals surface area contributed by atoms with E-state index in [2.05, 4.69) is 22.6 Å². The highest BCUT2D eigenvalue weighted by atomic mass is 127. The molecule has 0 aliphatic heterocycles. The van der Waals surface area contributed by atoms with Crippen molar-refractivity contribution < 1.29 is 13.2 Å². The first-order valence-electron chi connectivity index (χ1n) is 4.68. The van der Waals surface area contributed by atoms with Gasteiger partial charge in [-0.25, -0.2) is 0 Å². The lowest BCUT2D eigenvalue weighted by Gasteiger charge is -2.08. The number of nitrogens with zero attached hydrogens (tertiary/aromatic N) is 1.